The third-order valence-electron chi connectivity index (χ3n) is 9.48. The van der Waals surface area contributed by atoms with Crippen LogP contribution >= 0.6 is 0 Å². The summed E-state index contributed by atoms with van der Waals surface area (Å²) >= 11 is 0. The third-order valence-corrected chi connectivity index (χ3v) is 9.48. The van der Waals surface area contributed by atoms with E-state index in [0.29, 0.717) is 24.7 Å². The molecule has 4 saturated heterocycles. The van der Waals surface area contributed by atoms with E-state index in [2.05, 4.69) is 0 Å². The molecule has 4 heterocycles. The molecule has 2 aromatic rings. The number of aliphatic hydroxyl groups is 8. The number of hydrogen-bond acceptors (Lipinski definition) is 16. The average Bonchev–Trinajstić information content (AvgIpc) is 3.72. The van der Waals surface area contributed by atoms with Crippen molar-refractivity contribution >= 4 is 0 Å². The fourth-order valence-corrected chi connectivity index (χ4v) is 6.73. The van der Waals surface area contributed by atoms with Crippen molar-refractivity contribution in [2.24, 2.45) is 11.8 Å². The number of ether oxygens (including phenoxy) is 8. The molecule has 14 atom stereocenters. The number of aliphatic hydroxyl groups excluding tert-OH is 8. The molecular formula is C32H42O16. The highest BCUT2D eigenvalue weighted by Gasteiger charge is 2.49. The quantitative estimate of drug-likeness (QED) is 0.137. The van der Waals surface area contributed by atoms with E-state index >= 15 is 0 Å². The van der Waals surface area contributed by atoms with Gasteiger partial charge in [0.05, 0.1) is 52.9 Å². The van der Waals surface area contributed by atoms with E-state index in [-0.39, 0.29) is 35.5 Å². The highest BCUT2D eigenvalue weighted by molar-refractivity contribution is 5.46. The molecule has 4 fully saturated rings. The Morgan fingerprint density at radius 3 is 1.31 bits per heavy atom. The summed E-state index contributed by atoms with van der Waals surface area (Å²) in [7, 11) is 2.90. The second-order valence-corrected chi connectivity index (χ2v) is 12.3. The second kappa shape index (κ2) is 14.6. The Bertz CT molecular complexity index is 1290. The van der Waals surface area contributed by atoms with Gasteiger partial charge in [0.2, 0.25) is 12.6 Å². The van der Waals surface area contributed by atoms with E-state index < -0.39 is 74.6 Å². The van der Waals surface area contributed by atoms with Crippen LogP contribution in [0.2, 0.25) is 0 Å². The monoisotopic (exact) mass is 682 g/mol. The molecule has 4 unspecified atom stereocenters. The van der Waals surface area contributed by atoms with Crippen molar-refractivity contribution < 1.29 is 78.7 Å². The summed E-state index contributed by atoms with van der Waals surface area (Å²) < 4.78 is 46.1. The lowest BCUT2D eigenvalue weighted by Crippen LogP contribution is -2.60. The SMILES string of the molecule is COc1cc(C2OCC3C(c4ccc(O[C@H]5O[C@H](CO)[C@@H](O)[C@H](O)[C@H]5O)c(OC)c4)OCC23)ccc1O[C@@H]1O[C@@H](CO)[C@H](O)[C@@H](O)[C@@H]1O. The predicted molar refractivity (Wildman–Crippen MR) is 159 cm³/mol. The zero-order valence-electron chi connectivity index (χ0n) is 26.2. The summed E-state index contributed by atoms with van der Waals surface area (Å²) in [6.45, 7) is -0.371. The molecule has 0 saturated carbocycles. The van der Waals surface area contributed by atoms with Gasteiger partial charge in [-0.1, -0.05) is 12.1 Å². The number of rotatable bonds is 10. The molecule has 0 amide bonds. The molecule has 48 heavy (non-hydrogen) atoms. The molecule has 0 radical (unpaired) electrons. The first-order valence-corrected chi connectivity index (χ1v) is 15.6. The lowest BCUT2D eigenvalue weighted by atomic mass is 9.85. The maximum atomic E-state index is 10.4. The van der Waals surface area contributed by atoms with Crippen LogP contribution in [0.4, 0.5) is 0 Å². The summed E-state index contributed by atoms with van der Waals surface area (Å²) in [6.07, 6.45) is -15.0. The summed E-state index contributed by atoms with van der Waals surface area (Å²) in [6, 6.07) is 10.3. The summed E-state index contributed by atoms with van der Waals surface area (Å²) in [5, 5.41) is 80.1. The van der Waals surface area contributed by atoms with Gasteiger partial charge in [0.1, 0.15) is 48.8 Å². The maximum Gasteiger partial charge on any atom is 0.229 e. The summed E-state index contributed by atoms with van der Waals surface area (Å²) in [4.78, 5) is 0. The molecule has 0 aromatic heterocycles. The van der Waals surface area contributed by atoms with Crippen LogP contribution in [0.15, 0.2) is 36.4 Å². The molecular weight excluding hydrogens is 640 g/mol. The Balaban J connectivity index is 1.14. The van der Waals surface area contributed by atoms with Crippen molar-refractivity contribution in [3.05, 3.63) is 47.5 Å². The fraction of sp³-hybridized carbons (Fsp3) is 0.625. The molecule has 0 spiro atoms. The van der Waals surface area contributed by atoms with Crippen LogP contribution in [0.3, 0.4) is 0 Å². The Morgan fingerprint density at radius 1 is 0.562 bits per heavy atom. The molecule has 266 valence electrons. The Hall–Kier alpha value is -2.84. The molecule has 0 bridgehead atoms. The summed E-state index contributed by atoms with van der Waals surface area (Å²) in [5.41, 5.74) is 1.59. The van der Waals surface area contributed by atoms with Crippen LogP contribution in [0.5, 0.6) is 23.0 Å². The Labute approximate surface area is 275 Å². The highest BCUT2D eigenvalue weighted by Crippen LogP contribution is 2.52. The van der Waals surface area contributed by atoms with Gasteiger partial charge in [-0.25, -0.2) is 0 Å². The zero-order valence-corrected chi connectivity index (χ0v) is 26.2. The van der Waals surface area contributed by atoms with Gasteiger partial charge in [0.25, 0.3) is 0 Å². The van der Waals surface area contributed by atoms with E-state index in [9.17, 15) is 40.9 Å². The van der Waals surface area contributed by atoms with Crippen molar-refractivity contribution in [1.82, 2.24) is 0 Å². The standard InChI is InChI=1S/C32H42O16/c1-41-19-7-13(3-5-17(19)45-31-27(39)25(37)23(35)21(9-33)47-31)29-15-11-44-30(16(15)12-43-29)14-4-6-18(20(8-14)42-2)46-32-28(40)26(38)24(36)22(10-34)48-32/h3-8,15-16,21-40H,9-12H2,1-2H3/t15?,16?,21-,22+,23-,24+,25+,26-,27-,28+,29?,30?,31+,32-. The number of hydrogen-bond donors (Lipinski definition) is 8. The van der Waals surface area contributed by atoms with Gasteiger partial charge in [-0.15, -0.1) is 0 Å². The van der Waals surface area contributed by atoms with Gasteiger partial charge < -0.3 is 78.7 Å². The maximum absolute atomic E-state index is 10.4. The largest absolute Gasteiger partial charge is 0.493 e. The number of fused-ring (bicyclic) bond motifs is 1. The second-order valence-electron chi connectivity index (χ2n) is 12.3. The fourth-order valence-electron chi connectivity index (χ4n) is 6.73. The van der Waals surface area contributed by atoms with Crippen molar-refractivity contribution in [3.63, 3.8) is 0 Å². The summed E-state index contributed by atoms with van der Waals surface area (Å²) in [5.74, 6) is 0.997. The molecule has 4 aliphatic rings. The van der Waals surface area contributed by atoms with Crippen LogP contribution in [-0.2, 0) is 18.9 Å². The van der Waals surface area contributed by atoms with Crippen LogP contribution in [0.25, 0.3) is 0 Å². The van der Waals surface area contributed by atoms with Crippen LogP contribution < -0.4 is 18.9 Å². The number of methoxy groups -OCH3 is 2. The normalized spacial score (nSPS) is 39.5. The van der Waals surface area contributed by atoms with Crippen molar-refractivity contribution in [2.75, 3.05) is 40.6 Å². The van der Waals surface area contributed by atoms with Crippen LogP contribution in [0, 0.1) is 11.8 Å². The minimum atomic E-state index is -1.59. The minimum absolute atomic E-state index is 0.0204. The highest BCUT2D eigenvalue weighted by atomic mass is 16.7. The van der Waals surface area contributed by atoms with Gasteiger partial charge in [0.15, 0.2) is 23.0 Å². The molecule has 4 aliphatic heterocycles. The Morgan fingerprint density at radius 2 is 0.958 bits per heavy atom. The van der Waals surface area contributed by atoms with Gasteiger partial charge >= 0.3 is 0 Å². The van der Waals surface area contributed by atoms with E-state index in [4.69, 9.17) is 37.9 Å². The van der Waals surface area contributed by atoms with Crippen LogP contribution in [0.1, 0.15) is 23.3 Å². The lowest BCUT2D eigenvalue weighted by Gasteiger charge is -2.39. The first-order chi connectivity index (χ1) is 23.1. The molecule has 0 aliphatic carbocycles. The first kappa shape index (κ1) is 35.0. The Kier molecular flexibility index (Phi) is 10.6. The number of benzene rings is 2. The van der Waals surface area contributed by atoms with Gasteiger partial charge in [-0.2, -0.15) is 0 Å². The van der Waals surface area contributed by atoms with E-state index in [1.54, 1.807) is 36.4 Å². The topological polar surface area (TPSA) is 236 Å². The van der Waals surface area contributed by atoms with Crippen molar-refractivity contribution in [2.45, 2.75) is 73.6 Å². The van der Waals surface area contributed by atoms with Crippen molar-refractivity contribution in [3.8, 4) is 23.0 Å². The molecule has 2 aromatic carbocycles. The lowest BCUT2D eigenvalue weighted by molar-refractivity contribution is -0.277. The smallest absolute Gasteiger partial charge is 0.229 e. The first-order valence-electron chi connectivity index (χ1n) is 15.6. The van der Waals surface area contributed by atoms with Gasteiger partial charge in [-0.05, 0) is 35.4 Å². The molecule has 16 nitrogen and oxygen atoms in total. The molecule has 16 heteroatoms. The van der Waals surface area contributed by atoms with E-state index in [1.807, 2.05) is 0 Å². The third kappa shape index (κ3) is 6.44. The minimum Gasteiger partial charge on any atom is -0.493 e. The average molecular weight is 683 g/mol. The van der Waals surface area contributed by atoms with E-state index in [1.165, 1.54) is 14.2 Å². The zero-order chi connectivity index (χ0) is 34.3. The van der Waals surface area contributed by atoms with Crippen LogP contribution in [-0.4, -0.2) is 143 Å². The molecule has 6 rings (SSSR count). The van der Waals surface area contributed by atoms with Crippen molar-refractivity contribution in [1.29, 1.82) is 0 Å². The molecule has 8 N–H and O–H groups in total. The predicted octanol–water partition coefficient (Wildman–Crippen LogP) is -1.86. The van der Waals surface area contributed by atoms with Gasteiger partial charge in [0, 0.05) is 11.8 Å². The van der Waals surface area contributed by atoms with E-state index in [0.717, 1.165) is 11.1 Å². The van der Waals surface area contributed by atoms with Gasteiger partial charge in [-0.3, -0.25) is 0 Å².